The van der Waals surface area contributed by atoms with Gasteiger partial charge in [-0.2, -0.15) is 0 Å². The van der Waals surface area contributed by atoms with Gasteiger partial charge >= 0.3 is 0 Å². The van der Waals surface area contributed by atoms with E-state index in [1.807, 2.05) is 7.05 Å². The van der Waals surface area contributed by atoms with E-state index in [-0.39, 0.29) is 0 Å². The molecule has 0 radical (unpaired) electrons. The van der Waals surface area contributed by atoms with Gasteiger partial charge in [0.25, 0.3) is 0 Å². The Morgan fingerprint density at radius 1 is 1.36 bits per heavy atom. The Morgan fingerprint density at radius 2 is 2.14 bits per heavy atom. The van der Waals surface area contributed by atoms with Crippen LogP contribution in [-0.4, -0.2) is 11.6 Å². The van der Waals surface area contributed by atoms with Gasteiger partial charge in [-0.05, 0) is 31.7 Å². The van der Waals surface area contributed by atoms with Crippen molar-refractivity contribution < 1.29 is 0 Å². The van der Waals surface area contributed by atoms with Crippen LogP contribution in [0.25, 0.3) is 10.9 Å². The summed E-state index contributed by atoms with van der Waals surface area (Å²) < 4.78 is 2.25. The molecule has 0 bridgehead atoms. The maximum Gasteiger partial charge on any atom is 0.0482 e. The topological polar surface area (TPSA) is 17.0 Å². The second kappa shape index (κ2) is 3.46. The first kappa shape index (κ1) is 9.28. The molecule has 2 aromatic rings. The fourth-order valence-corrected chi connectivity index (χ4v) is 1.91. The number of aryl methyl sites for hydroxylation is 2. The largest absolute Gasteiger partial charge is 0.346 e. The molecule has 2 rings (SSSR count). The smallest absolute Gasteiger partial charge is 0.0482 e. The number of benzene rings is 1. The Kier molecular flexibility index (Phi) is 2.30. The first-order valence-corrected chi connectivity index (χ1v) is 4.92. The molecule has 2 nitrogen and oxygen atoms in total. The molecule has 1 heterocycles. The number of aromatic nitrogens is 1. The first-order chi connectivity index (χ1) is 6.74. The summed E-state index contributed by atoms with van der Waals surface area (Å²) in [4.78, 5) is 0. The van der Waals surface area contributed by atoms with Gasteiger partial charge in [-0.15, -0.1) is 0 Å². The molecule has 1 aromatic carbocycles. The first-order valence-electron chi connectivity index (χ1n) is 4.92. The summed E-state index contributed by atoms with van der Waals surface area (Å²) in [6.07, 6.45) is 0. The maximum atomic E-state index is 3.18. The lowest BCUT2D eigenvalue weighted by Gasteiger charge is -2.02. The average Bonchev–Trinajstić information content (AvgIpc) is 2.48. The molecule has 1 N–H and O–H groups in total. The Hall–Kier alpha value is -1.28. The Balaban J connectivity index is 2.67. The summed E-state index contributed by atoms with van der Waals surface area (Å²) >= 11 is 0. The normalized spacial score (nSPS) is 11.1. The molecule has 0 aliphatic carbocycles. The quantitative estimate of drug-likeness (QED) is 0.764. The van der Waals surface area contributed by atoms with Crippen molar-refractivity contribution in [2.24, 2.45) is 7.05 Å². The molecule has 0 unspecified atom stereocenters. The van der Waals surface area contributed by atoms with E-state index in [0.717, 1.165) is 6.54 Å². The van der Waals surface area contributed by atoms with Gasteiger partial charge in [0.2, 0.25) is 0 Å². The summed E-state index contributed by atoms with van der Waals surface area (Å²) in [5.41, 5.74) is 3.99. The monoisotopic (exact) mass is 188 g/mol. The third-order valence-electron chi connectivity index (χ3n) is 2.76. The predicted molar refractivity (Wildman–Crippen MR) is 60.4 cm³/mol. The van der Waals surface area contributed by atoms with Crippen molar-refractivity contribution in [2.45, 2.75) is 13.5 Å². The lowest BCUT2D eigenvalue weighted by molar-refractivity contribution is 0.745. The van der Waals surface area contributed by atoms with Crippen LogP contribution in [0.3, 0.4) is 0 Å². The van der Waals surface area contributed by atoms with Gasteiger partial charge < -0.3 is 9.88 Å². The summed E-state index contributed by atoms with van der Waals surface area (Å²) in [6, 6.07) is 8.70. The molecule has 2 heteroatoms. The van der Waals surface area contributed by atoms with Crippen LogP contribution in [0.15, 0.2) is 24.3 Å². The standard InChI is InChI=1S/C12H16N2/c1-9-5-4-6-12-11(9)7-10(8-13-2)14(12)3/h4-7,13H,8H2,1-3H3. The lowest BCUT2D eigenvalue weighted by atomic mass is 10.1. The van der Waals surface area contributed by atoms with E-state index < -0.39 is 0 Å². The lowest BCUT2D eigenvalue weighted by Crippen LogP contribution is -2.08. The predicted octanol–water partition coefficient (Wildman–Crippen LogP) is 2.21. The van der Waals surface area contributed by atoms with Gasteiger partial charge in [0.05, 0.1) is 0 Å². The molecule has 0 aliphatic rings. The van der Waals surface area contributed by atoms with Crippen molar-refractivity contribution >= 4 is 10.9 Å². The van der Waals surface area contributed by atoms with Gasteiger partial charge in [0, 0.05) is 30.2 Å². The highest BCUT2D eigenvalue weighted by molar-refractivity contribution is 5.84. The van der Waals surface area contributed by atoms with E-state index in [2.05, 4.69) is 48.1 Å². The fourth-order valence-electron chi connectivity index (χ4n) is 1.91. The number of hydrogen-bond donors (Lipinski definition) is 1. The van der Waals surface area contributed by atoms with Crippen molar-refractivity contribution in [1.29, 1.82) is 0 Å². The van der Waals surface area contributed by atoms with E-state index in [1.165, 1.54) is 22.2 Å². The molecule has 0 fully saturated rings. The highest BCUT2D eigenvalue weighted by atomic mass is 15.0. The van der Waals surface area contributed by atoms with Gasteiger partial charge in [0.15, 0.2) is 0 Å². The van der Waals surface area contributed by atoms with Crippen LogP contribution in [0, 0.1) is 6.92 Å². The number of hydrogen-bond acceptors (Lipinski definition) is 1. The van der Waals surface area contributed by atoms with Gasteiger partial charge in [-0.25, -0.2) is 0 Å². The molecule has 0 saturated heterocycles. The summed E-state index contributed by atoms with van der Waals surface area (Å²) in [6.45, 7) is 3.08. The highest BCUT2D eigenvalue weighted by Crippen LogP contribution is 2.21. The Morgan fingerprint density at radius 3 is 2.79 bits per heavy atom. The van der Waals surface area contributed by atoms with Gasteiger partial charge in [0.1, 0.15) is 0 Å². The molecular formula is C12H16N2. The average molecular weight is 188 g/mol. The molecule has 0 atom stereocenters. The zero-order valence-electron chi connectivity index (χ0n) is 8.96. The highest BCUT2D eigenvalue weighted by Gasteiger charge is 2.05. The number of nitrogens with one attached hydrogen (secondary N) is 1. The van der Waals surface area contributed by atoms with E-state index in [4.69, 9.17) is 0 Å². The van der Waals surface area contributed by atoms with E-state index >= 15 is 0 Å². The molecule has 0 spiro atoms. The molecule has 0 saturated carbocycles. The van der Waals surface area contributed by atoms with Crippen molar-refractivity contribution in [3.8, 4) is 0 Å². The Bertz CT molecular complexity index is 455. The summed E-state index contributed by atoms with van der Waals surface area (Å²) in [5.74, 6) is 0. The summed E-state index contributed by atoms with van der Waals surface area (Å²) in [7, 11) is 4.10. The Labute approximate surface area is 84.5 Å². The van der Waals surface area contributed by atoms with Crippen LogP contribution in [0.1, 0.15) is 11.3 Å². The van der Waals surface area contributed by atoms with Crippen molar-refractivity contribution in [3.05, 3.63) is 35.5 Å². The van der Waals surface area contributed by atoms with Crippen LogP contribution in [0.5, 0.6) is 0 Å². The zero-order valence-corrected chi connectivity index (χ0v) is 8.96. The van der Waals surface area contributed by atoms with Crippen LogP contribution in [-0.2, 0) is 13.6 Å². The minimum absolute atomic E-state index is 0.921. The molecular weight excluding hydrogens is 172 g/mol. The maximum absolute atomic E-state index is 3.18. The van der Waals surface area contributed by atoms with E-state index in [1.54, 1.807) is 0 Å². The third-order valence-corrected chi connectivity index (χ3v) is 2.76. The molecule has 0 aliphatic heterocycles. The van der Waals surface area contributed by atoms with Crippen LogP contribution < -0.4 is 5.32 Å². The third kappa shape index (κ3) is 1.32. The van der Waals surface area contributed by atoms with Crippen molar-refractivity contribution in [1.82, 2.24) is 9.88 Å². The minimum atomic E-state index is 0.921. The molecule has 1 aromatic heterocycles. The minimum Gasteiger partial charge on any atom is -0.346 e. The molecule has 14 heavy (non-hydrogen) atoms. The molecule has 0 amide bonds. The van der Waals surface area contributed by atoms with E-state index in [0.29, 0.717) is 0 Å². The van der Waals surface area contributed by atoms with Crippen molar-refractivity contribution in [3.63, 3.8) is 0 Å². The van der Waals surface area contributed by atoms with Crippen LogP contribution >= 0.6 is 0 Å². The van der Waals surface area contributed by atoms with Crippen LogP contribution in [0.2, 0.25) is 0 Å². The molecule has 74 valence electrons. The second-order valence-electron chi connectivity index (χ2n) is 3.73. The SMILES string of the molecule is CNCc1cc2c(C)cccc2n1C. The van der Waals surface area contributed by atoms with Gasteiger partial charge in [-0.1, -0.05) is 12.1 Å². The van der Waals surface area contributed by atoms with Crippen molar-refractivity contribution in [2.75, 3.05) is 7.05 Å². The van der Waals surface area contributed by atoms with Crippen LogP contribution in [0.4, 0.5) is 0 Å². The number of fused-ring (bicyclic) bond motifs is 1. The van der Waals surface area contributed by atoms with Gasteiger partial charge in [-0.3, -0.25) is 0 Å². The second-order valence-corrected chi connectivity index (χ2v) is 3.73. The number of nitrogens with zero attached hydrogens (tertiary/aromatic N) is 1. The van der Waals surface area contributed by atoms with E-state index in [9.17, 15) is 0 Å². The number of rotatable bonds is 2. The zero-order chi connectivity index (χ0) is 10.1. The fraction of sp³-hybridized carbons (Fsp3) is 0.333. The summed E-state index contributed by atoms with van der Waals surface area (Å²) in [5, 5.41) is 4.55.